The van der Waals surface area contributed by atoms with Gasteiger partial charge in [-0.15, -0.1) is 0 Å². The molecule has 3 amide bonds. The van der Waals surface area contributed by atoms with Crippen molar-refractivity contribution in [2.24, 2.45) is 0 Å². The fourth-order valence-electron chi connectivity index (χ4n) is 4.58. The number of hydrogen-bond acceptors (Lipinski definition) is 3. The Balaban J connectivity index is 1.49. The summed E-state index contributed by atoms with van der Waals surface area (Å²) >= 11 is 0. The molecule has 4 rings (SSSR count). The van der Waals surface area contributed by atoms with Gasteiger partial charge in [-0.1, -0.05) is 66.7 Å². The molecule has 0 radical (unpaired) electrons. The van der Waals surface area contributed by atoms with E-state index in [0.717, 1.165) is 16.7 Å². The molecule has 0 aliphatic carbocycles. The van der Waals surface area contributed by atoms with E-state index in [1.54, 1.807) is 9.80 Å². The quantitative estimate of drug-likeness (QED) is 0.732. The van der Waals surface area contributed by atoms with Crippen molar-refractivity contribution in [1.82, 2.24) is 15.1 Å². The zero-order valence-corrected chi connectivity index (χ0v) is 17.9. The number of carbonyl (C=O) groups excluding carboxylic acids is 2. The second-order valence-electron chi connectivity index (χ2n) is 8.54. The maximum Gasteiger partial charge on any atom is 0.318 e. The van der Waals surface area contributed by atoms with Crippen molar-refractivity contribution in [3.63, 3.8) is 0 Å². The van der Waals surface area contributed by atoms with Crippen LogP contribution in [0, 0.1) is 0 Å². The van der Waals surface area contributed by atoms with Gasteiger partial charge >= 0.3 is 6.03 Å². The van der Waals surface area contributed by atoms with Gasteiger partial charge in [0.1, 0.15) is 6.54 Å². The maximum absolute atomic E-state index is 12.7. The van der Waals surface area contributed by atoms with Crippen LogP contribution in [0.1, 0.15) is 36.5 Å². The smallest absolute Gasteiger partial charge is 0.318 e. The summed E-state index contributed by atoms with van der Waals surface area (Å²) in [6.07, 6.45) is 4.14. The number of nitrogens with one attached hydrogen (secondary N) is 1. The molecular weight excluding hydrogens is 390 g/mol. The minimum Gasteiger partial charge on any atom is -0.394 e. The minimum atomic E-state index is -0.237. The van der Waals surface area contributed by atoms with Crippen LogP contribution in [0.2, 0.25) is 0 Å². The first-order chi connectivity index (χ1) is 15.0. The molecule has 0 spiro atoms. The van der Waals surface area contributed by atoms with E-state index < -0.39 is 0 Å². The Bertz CT molecular complexity index is 956. The van der Waals surface area contributed by atoms with E-state index in [0.29, 0.717) is 6.54 Å². The average molecular weight is 420 g/mol. The molecule has 2 heterocycles. The first kappa shape index (κ1) is 21.1. The number of benzene rings is 2. The van der Waals surface area contributed by atoms with Gasteiger partial charge in [0, 0.05) is 18.5 Å². The lowest BCUT2D eigenvalue weighted by Crippen LogP contribution is -2.74. The Kier molecular flexibility index (Phi) is 6.09. The largest absolute Gasteiger partial charge is 0.394 e. The van der Waals surface area contributed by atoms with Crippen molar-refractivity contribution < 1.29 is 14.7 Å². The van der Waals surface area contributed by atoms with Gasteiger partial charge in [0.25, 0.3) is 0 Å². The van der Waals surface area contributed by atoms with Gasteiger partial charge in [-0.2, -0.15) is 0 Å². The standard InChI is InChI=1S/C25H29N3O3/c1-17(2)26-25(31)27-14-21-24(22(16-29)28(21)23(30)15-27)20-12-10-19(11-13-20)9-8-18-6-4-3-5-7-18/h3-13,17,21-22,24,29H,14-16H2,1-2H3,(H,26,31)/b9-8+/t21-,22+,24+/m1/s1. The fraction of sp³-hybridized carbons (Fsp3) is 0.360. The molecular formula is C25H29N3O3. The first-order valence-corrected chi connectivity index (χ1v) is 10.8. The lowest BCUT2D eigenvalue weighted by Gasteiger charge is -2.58. The zero-order valence-electron chi connectivity index (χ0n) is 17.9. The summed E-state index contributed by atoms with van der Waals surface area (Å²) in [5.41, 5.74) is 3.31. The number of piperazine rings is 1. The van der Waals surface area contributed by atoms with Crippen molar-refractivity contribution in [2.75, 3.05) is 19.7 Å². The van der Waals surface area contributed by atoms with Crippen LogP contribution in [0.5, 0.6) is 0 Å². The van der Waals surface area contributed by atoms with E-state index in [1.165, 1.54) is 0 Å². The molecule has 2 saturated heterocycles. The molecule has 0 aromatic heterocycles. The fourth-order valence-corrected chi connectivity index (χ4v) is 4.58. The van der Waals surface area contributed by atoms with Crippen LogP contribution in [0.4, 0.5) is 4.79 Å². The molecule has 31 heavy (non-hydrogen) atoms. The third-order valence-electron chi connectivity index (χ3n) is 6.04. The maximum atomic E-state index is 12.7. The number of carbonyl (C=O) groups is 2. The van der Waals surface area contributed by atoms with Crippen molar-refractivity contribution >= 4 is 24.1 Å². The Morgan fingerprint density at radius 2 is 1.74 bits per heavy atom. The van der Waals surface area contributed by atoms with Gasteiger partial charge < -0.3 is 20.2 Å². The van der Waals surface area contributed by atoms with Crippen LogP contribution in [0.25, 0.3) is 12.2 Å². The van der Waals surface area contributed by atoms with Gasteiger partial charge in [0.2, 0.25) is 5.91 Å². The lowest BCUT2D eigenvalue weighted by molar-refractivity contribution is -0.159. The molecule has 2 aromatic rings. The summed E-state index contributed by atoms with van der Waals surface area (Å²) in [4.78, 5) is 28.4. The lowest BCUT2D eigenvalue weighted by atomic mass is 9.73. The van der Waals surface area contributed by atoms with E-state index in [1.807, 2.05) is 32.0 Å². The summed E-state index contributed by atoms with van der Waals surface area (Å²) in [5, 5.41) is 12.8. The number of nitrogens with zero attached hydrogens (tertiary/aromatic N) is 2. The second-order valence-corrected chi connectivity index (χ2v) is 8.54. The molecule has 0 saturated carbocycles. The van der Waals surface area contributed by atoms with E-state index in [-0.39, 0.29) is 49.1 Å². The van der Waals surface area contributed by atoms with Crippen molar-refractivity contribution in [2.45, 2.75) is 37.9 Å². The minimum absolute atomic E-state index is 0.00996. The Hall–Kier alpha value is -3.12. The van der Waals surface area contributed by atoms with E-state index >= 15 is 0 Å². The molecule has 0 unspecified atom stereocenters. The second kappa shape index (κ2) is 8.94. The summed E-state index contributed by atoms with van der Waals surface area (Å²) in [6, 6.07) is 17.8. The number of fused-ring (bicyclic) bond motifs is 1. The number of rotatable bonds is 5. The molecule has 2 N–H and O–H groups in total. The topological polar surface area (TPSA) is 72.9 Å². The molecule has 2 aliphatic heterocycles. The van der Waals surface area contributed by atoms with Gasteiger partial charge in [0.15, 0.2) is 0 Å². The monoisotopic (exact) mass is 419 g/mol. The van der Waals surface area contributed by atoms with Crippen molar-refractivity contribution in [1.29, 1.82) is 0 Å². The molecule has 162 valence electrons. The first-order valence-electron chi connectivity index (χ1n) is 10.8. The Morgan fingerprint density at radius 1 is 1.10 bits per heavy atom. The Labute approximate surface area is 183 Å². The highest BCUT2D eigenvalue weighted by molar-refractivity contribution is 5.87. The van der Waals surface area contributed by atoms with Crippen LogP contribution in [-0.4, -0.2) is 64.7 Å². The molecule has 2 fully saturated rings. The zero-order chi connectivity index (χ0) is 22.0. The average Bonchev–Trinajstić information content (AvgIpc) is 2.74. The number of aliphatic hydroxyl groups excluding tert-OH is 1. The third kappa shape index (κ3) is 4.35. The number of amides is 3. The summed E-state index contributed by atoms with van der Waals surface area (Å²) in [7, 11) is 0. The molecule has 0 bridgehead atoms. The van der Waals surface area contributed by atoms with Crippen LogP contribution < -0.4 is 5.32 Å². The normalized spacial score (nSPS) is 23.1. The third-order valence-corrected chi connectivity index (χ3v) is 6.04. The van der Waals surface area contributed by atoms with Crippen LogP contribution in [0.15, 0.2) is 54.6 Å². The molecule has 2 aromatic carbocycles. The highest BCUT2D eigenvalue weighted by Crippen LogP contribution is 2.42. The highest BCUT2D eigenvalue weighted by Gasteiger charge is 2.54. The Morgan fingerprint density at radius 3 is 2.35 bits per heavy atom. The van der Waals surface area contributed by atoms with Crippen LogP contribution in [0.3, 0.4) is 0 Å². The van der Waals surface area contributed by atoms with Crippen molar-refractivity contribution in [3.8, 4) is 0 Å². The van der Waals surface area contributed by atoms with E-state index in [9.17, 15) is 14.7 Å². The van der Waals surface area contributed by atoms with Gasteiger partial charge in [-0.3, -0.25) is 4.79 Å². The highest BCUT2D eigenvalue weighted by atomic mass is 16.3. The van der Waals surface area contributed by atoms with E-state index in [4.69, 9.17) is 0 Å². The number of urea groups is 1. The van der Waals surface area contributed by atoms with Gasteiger partial charge in [-0.25, -0.2) is 4.79 Å². The predicted molar refractivity (Wildman–Crippen MR) is 121 cm³/mol. The predicted octanol–water partition coefficient (Wildman–Crippen LogP) is 2.95. The van der Waals surface area contributed by atoms with Crippen molar-refractivity contribution in [3.05, 3.63) is 71.3 Å². The van der Waals surface area contributed by atoms with E-state index in [2.05, 4.69) is 53.9 Å². The summed E-state index contributed by atoms with van der Waals surface area (Å²) in [6.45, 7) is 4.25. The number of aliphatic hydroxyl groups is 1. The summed E-state index contributed by atoms with van der Waals surface area (Å²) in [5.74, 6) is -0.0939. The molecule has 2 aliphatic rings. The van der Waals surface area contributed by atoms with Crippen LogP contribution >= 0.6 is 0 Å². The van der Waals surface area contributed by atoms with Gasteiger partial charge in [0.05, 0.1) is 18.7 Å². The molecule has 6 nitrogen and oxygen atoms in total. The van der Waals surface area contributed by atoms with Crippen LogP contribution in [-0.2, 0) is 4.79 Å². The SMILES string of the molecule is CC(C)NC(=O)N1CC(=O)N2[C@H](C1)[C@H](c1ccc(/C=C/c3ccccc3)cc1)[C@@H]2CO. The van der Waals surface area contributed by atoms with Gasteiger partial charge in [-0.05, 0) is 30.5 Å². The molecule has 3 atom stereocenters. The molecule has 6 heteroatoms. The summed E-state index contributed by atoms with van der Waals surface area (Å²) < 4.78 is 0. The number of hydrogen-bond donors (Lipinski definition) is 2.